The van der Waals surface area contributed by atoms with Crippen molar-refractivity contribution in [3.63, 3.8) is 0 Å². The fourth-order valence-corrected chi connectivity index (χ4v) is 2.51. The van der Waals surface area contributed by atoms with Crippen LogP contribution in [0.2, 0.25) is 0 Å². The number of anilines is 1. The number of halogens is 1. The summed E-state index contributed by atoms with van der Waals surface area (Å²) in [7, 11) is 1.59. The zero-order valence-electron chi connectivity index (χ0n) is 13.1. The first-order valence-corrected chi connectivity index (χ1v) is 7.41. The molecule has 25 heavy (non-hydrogen) atoms. The quantitative estimate of drug-likeness (QED) is 0.599. The summed E-state index contributed by atoms with van der Waals surface area (Å²) in [5, 5.41) is 11.4. The van der Waals surface area contributed by atoms with Crippen LogP contribution < -0.4 is 10.1 Å². The molecule has 124 valence electrons. The zero-order valence-corrected chi connectivity index (χ0v) is 13.1. The lowest BCUT2D eigenvalue weighted by atomic mass is 10.2. The summed E-state index contributed by atoms with van der Waals surface area (Å²) in [6.07, 6.45) is 0. The van der Waals surface area contributed by atoms with Crippen LogP contribution in [0.5, 0.6) is 5.75 Å². The molecule has 4 rings (SSSR count). The van der Waals surface area contributed by atoms with E-state index < -0.39 is 11.7 Å². The van der Waals surface area contributed by atoms with Gasteiger partial charge >= 0.3 is 0 Å². The maximum Gasteiger partial charge on any atom is 0.258 e. The van der Waals surface area contributed by atoms with Crippen molar-refractivity contribution in [2.75, 3.05) is 12.4 Å². The van der Waals surface area contributed by atoms with Crippen LogP contribution in [0.15, 0.2) is 42.5 Å². The maximum absolute atomic E-state index is 12.9. The predicted molar refractivity (Wildman–Crippen MR) is 90.1 cm³/mol. The second-order valence-corrected chi connectivity index (χ2v) is 5.33. The third-order valence-corrected chi connectivity index (χ3v) is 3.75. The molecule has 0 saturated heterocycles. The first-order valence-electron chi connectivity index (χ1n) is 7.41. The lowest BCUT2D eigenvalue weighted by Gasteiger charge is -2.02. The summed E-state index contributed by atoms with van der Waals surface area (Å²) >= 11 is 0. The topological polar surface area (TPSA) is 92.8 Å². The Hall–Kier alpha value is -3.55. The number of carbonyl (C=O) groups excluding carboxylic acids is 1. The van der Waals surface area contributed by atoms with E-state index in [9.17, 15) is 9.18 Å². The second kappa shape index (κ2) is 5.82. The summed E-state index contributed by atoms with van der Waals surface area (Å²) in [5.74, 6) is -0.104. The standard InChI is InChI=1S/C17H12FN5O2/c1-25-11-6-7-13-12(8-11)14-15(19-13)20-17(23-22-14)21-16(24)9-2-4-10(18)5-3-9/h2-8H,1H3,(H2,19,20,21,23,24). The van der Waals surface area contributed by atoms with Gasteiger partial charge in [-0.25, -0.2) is 4.39 Å². The number of hydrogen-bond donors (Lipinski definition) is 2. The molecule has 0 fully saturated rings. The van der Waals surface area contributed by atoms with Gasteiger partial charge in [0, 0.05) is 16.5 Å². The van der Waals surface area contributed by atoms with Crippen LogP contribution in [0, 0.1) is 5.82 Å². The molecule has 0 aliphatic carbocycles. The lowest BCUT2D eigenvalue weighted by Crippen LogP contribution is -2.14. The largest absolute Gasteiger partial charge is 0.497 e. The zero-order chi connectivity index (χ0) is 17.4. The van der Waals surface area contributed by atoms with Crippen LogP contribution in [0.4, 0.5) is 10.3 Å². The van der Waals surface area contributed by atoms with Crippen molar-refractivity contribution >= 4 is 33.9 Å². The van der Waals surface area contributed by atoms with E-state index in [-0.39, 0.29) is 5.95 Å². The van der Waals surface area contributed by atoms with E-state index in [0.29, 0.717) is 22.5 Å². The Labute approximate surface area is 140 Å². The Morgan fingerprint density at radius 1 is 1.16 bits per heavy atom. The summed E-state index contributed by atoms with van der Waals surface area (Å²) < 4.78 is 18.1. The molecule has 0 spiro atoms. The Morgan fingerprint density at radius 3 is 2.72 bits per heavy atom. The van der Waals surface area contributed by atoms with E-state index in [4.69, 9.17) is 4.74 Å². The average Bonchev–Trinajstić information content (AvgIpc) is 2.99. The third-order valence-electron chi connectivity index (χ3n) is 3.75. The van der Waals surface area contributed by atoms with Crippen molar-refractivity contribution in [3.05, 3.63) is 53.8 Å². The van der Waals surface area contributed by atoms with Gasteiger partial charge in [0.2, 0.25) is 0 Å². The molecule has 2 heterocycles. The van der Waals surface area contributed by atoms with Gasteiger partial charge in [-0.2, -0.15) is 4.98 Å². The Balaban J connectivity index is 1.68. The first-order chi connectivity index (χ1) is 12.1. The van der Waals surface area contributed by atoms with Crippen molar-refractivity contribution in [1.82, 2.24) is 20.2 Å². The average molecular weight is 337 g/mol. The smallest absolute Gasteiger partial charge is 0.258 e. The highest BCUT2D eigenvalue weighted by Gasteiger charge is 2.12. The fourth-order valence-electron chi connectivity index (χ4n) is 2.51. The summed E-state index contributed by atoms with van der Waals surface area (Å²) in [6.45, 7) is 0. The number of aromatic amines is 1. The molecule has 4 aromatic rings. The lowest BCUT2D eigenvalue weighted by molar-refractivity contribution is 0.102. The number of methoxy groups -OCH3 is 1. The number of fused-ring (bicyclic) bond motifs is 3. The van der Waals surface area contributed by atoms with E-state index in [0.717, 1.165) is 10.9 Å². The van der Waals surface area contributed by atoms with Gasteiger partial charge in [-0.1, -0.05) is 0 Å². The highest BCUT2D eigenvalue weighted by Crippen LogP contribution is 2.26. The van der Waals surface area contributed by atoms with Gasteiger partial charge in [0.1, 0.15) is 17.1 Å². The van der Waals surface area contributed by atoms with E-state index in [1.54, 1.807) is 7.11 Å². The highest BCUT2D eigenvalue weighted by atomic mass is 19.1. The predicted octanol–water partition coefficient (Wildman–Crippen LogP) is 2.91. The Kier molecular flexibility index (Phi) is 3.50. The van der Waals surface area contributed by atoms with Gasteiger partial charge in [-0.15, -0.1) is 10.2 Å². The molecule has 2 N–H and O–H groups in total. The SMILES string of the molecule is COc1ccc2[nH]c3nc(NC(=O)c4ccc(F)cc4)nnc3c2c1. The van der Waals surface area contributed by atoms with E-state index in [1.807, 2.05) is 18.2 Å². The van der Waals surface area contributed by atoms with Crippen LogP contribution in [0.25, 0.3) is 22.1 Å². The number of rotatable bonds is 3. The third kappa shape index (κ3) is 2.74. The molecule has 7 nitrogen and oxygen atoms in total. The molecule has 0 aliphatic heterocycles. The number of hydrogen-bond acceptors (Lipinski definition) is 5. The monoisotopic (exact) mass is 337 g/mol. The number of carbonyl (C=O) groups is 1. The minimum atomic E-state index is -0.445. The van der Waals surface area contributed by atoms with Crippen LogP contribution in [0.3, 0.4) is 0 Å². The van der Waals surface area contributed by atoms with Crippen molar-refractivity contribution < 1.29 is 13.9 Å². The molecule has 0 bridgehead atoms. The summed E-state index contributed by atoms with van der Waals surface area (Å²) in [4.78, 5) is 19.5. The Bertz CT molecular complexity index is 1090. The molecule has 0 unspecified atom stereocenters. The molecular weight excluding hydrogens is 325 g/mol. The van der Waals surface area contributed by atoms with Crippen molar-refractivity contribution in [3.8, 4) is 5.75 Å². The van der Waals surface area contributed by atoms with Gasteiger partial charge in [-0.3, -0.25) is 10.1 Å². The van der Waals surface area contributed by atoms with Crippen LogP contribution in [-0.2, 0) is 0 Å². The van der Waals surface area contributed by atoms with E-state index >= 15 is 0 Å². The molecule has 0 saturated carbocycles. The molecule has 8 heteroatoms. The second-order valence-electron chi connectivity index (χ2n) is 5.33. The molecule has 2 aromatic carbocycles. The minimum absolute atomic E-state index is 0.0559. The number of aromatic nitrogens is 4. The van der Waals surface area contributed by atoms with Gasteiger partial charge in [0.15, 0.2) is 5.65 Å². The molecule has 0 atom stereocenters. The fraction of sp³-hybridized carbons (Fsp3) is 0.0588. The molecular formula is C17H12FN5O2. The number of ether oxygens (including phenoxy) is 1. The minimum Gasteiger partial charge on any atom is -0.497 e. The van der Waals surface area contributed by atoms with Gasteiger partial charge < -0.3 is 9.72 Å². The molecule has 0 radical (unpaired) electrons. The summed E-state index contributed by atoms with van der Waals surface area (Å²) in [6, 6.07) is 10.7. The van der Waals surface area contributed by atoms with E-state index in [2.05, 4.69) is 25.5 Å². The molecule has 1 amide bonds. The normalized spacial score (nSPS) is 11.0. The number of benzene rings is 2. The highest BCUT2D eigenvalue weighted by molar-refractivity contribution is 6.05. The van der Waals surface area contributed by atoms with Crippen molar-refractivity contribution in [1.29, 1.82) is 0 Å². The van der Waals surface area contributed by atoms with Crippen molar-refractivity contribution in [2.24, 2.45) is 0 Å². The first kappa shape index (κ1) is 15.0. The van der Waals surface area contributed by atoms with E-state index in [1.165, 1.54) is 24.3 Å². The molecule has 0 aliphatic rings. The van der Waals surface area contributed by atoms with Crippen LogP contribution in [-0.4, -0.2) is 33.2 Å². The van der Waals surface area contributed by atoms with Gasteiger partial charge in [-0.05, 0) is 42.5 Å². The van der Waals surface area contributed by atoms with Gasteiger partial charge in [0.05, 0.1) is 7.11 Å². The number of nitrogens with one attached hydrogen (secondary N) is 2. The van der Waals surface area contributed by atoms with Crippen LogP contribution >= 0.6 is 0 Å². The number of H-pyrrole nitrogens is 1. The number of amides is 1. The number of nitrogens with zero attached hydrogens (tertiary/aromatic N) is 3. The molecule has 2 aromatic heterocycles. The van der Waals surface area contributed by atoms with Crippen molar-refractivity contribution in [2.45, 2.75) is 0 Å². The maximum atomic E-state index is 12.9. The summed E-state index contributed by atoms with van der Waals surface area (Å²) in [5.41, 5.74) is 2.20. The Morgan fingerprint density at radius 2 is 1.96 bits per heavy atom. The van der Waals surface area contributed by atoms with Crippen LogP contribution in [0.1, 0.15) is 10.4 Å². The van der Waals surface area contributed by atoms with Gasteiger partial charge in [0.25, 0.3) is 11.9 Å².